The highest BCUT2D eigenvalue weighted by Gasteiger charge is 2.44. The molecule has 2 aromatic rings. The van der Waals surface area contributed by atoms with Gasteiger partial charge in [0, 0.05) is 23.4 Å². The summed E-state index contributed by atoms with van der Waals surface area (Å²) < 4.78 is 54.9. The van der Waals surface area contributed by atoms with E-state index in [4.69, 9.17) is 0 Å². The molecule has 9 heteroatoms. The molecule has 0 fully saturated rings. The van der Waals surface area contributed by atoms with E-state index in [2.05, 4.69) is 15.0 Å². The number of aromatic nitrogens is 1. The fraction of sp³-hybridized carbons (Fsp3) is 0.350. The maximum Gasteiger partial charge on any atom is 0.461 e. The largest absolute Gasteiger partial charge is 0.461 e. The van der Waals surface area contributed by atoms with Crippen LogP contribution in [0, 0.1) is 6.92 Å². The third-order valence-corrected chi connectivity index (χ3v) is 3.91. The molecule has 0 radical (unpaired) electrons. The zero-order valence-corrected chi connectivity index (χ0v) is 16.0. The Labute approximate surface area is 165 Å². The highest BCUT2D eigenvalue weighted by molar-refractivity contribution is 5.94. The molecule has 1 heterocycles. The number of benzene rings is 1. The highest BCUT2D eigenvalue weighted by atomic mass is 19.3. The van der Waals surface area contributed by atoms with Gasteiger partial charge in [0.1, 0.15) is 11.5 Å². The monoisotopic (exact) mass is 412 g/mol. The molecule has 0 saturated heterocycles. The number of rotatable bonds is 8. The van der Waals surface area contributed by atoms with Gasteiger partial charge in [-0.15, -0.1) is 0 Å². The number of alkyl halides is 4. The molecule has 0 spiro atoms. The number of amides is 1. The van der Waals surface area contributed by atoms with Crippen LogP contribution in [0.1, 0.15) is 47.2 Å². The molecule has 0 saturated carbocycles. The molecule has 1 amide bonds. The number of nitrogens with zero attached hydrogens (tertiary/aromatic N) is 1. The number of ether oxygens (including phenoxy) is 1. The second kappa shape index (κ2) is 9.02. The van der Waals surface area contributed by atoms with Gasteiger partial charge in [-0.05, 0) is 50.6 Å². The van der Waals surface area contributed by atoms with Crippen molar-refractivity contribution in [1.82, 2.24) is 10.3 Å². The minimum atomic E-state index is -4.62. The van der Waals surface area contributed by atoms with E-state index >= 15 is 0 Å². The van der Waals surface area contributed by atoms with E-state index in [1.807, 2.05) is 0 Å². The second-order valence-electron chi connectivity index (χ2n) is 6.60. The minimum absolute atomic E-state index is 0.0925. The van der Waals surface area contributed by atoms with Crippen LogP contribution in [-0.2, 0) is 11.2 Å². The maximum absolute atomic E-state index is 13.1. The normalized spacial score (nSPS) is 12.6. The Hall–Kier alpha value is -2.97. The molecule has 1 unspecified atom stereocenters. The summed E-state index contributed by atoms with van der Waals surface area (Å²) in [5.41, 5.74) is 1.69. The minimum Gasteiger partial charge on any atom is -0.428 e. The van der Waals surface area contributed by atoms with Crippen LogP contribution in [0.5, 0.6) is 5.75 Å². The first-order valence-electron chi connectivity index (χ1n) is 8.70. The summed E-state index contributed by atoms with van der Waals surface area (Å²) in [7, 11) is 0. The fourth-order valence-electron chi connectivity index (χ4n) is 2.63. The van der Waals surface area contributed by atoms with E-state index in [0.29, 0.717) is 17.0 Å². The smallest absolute Gasteiger partial charge is 0.428 e. The van der Waals surface area contributed by atoms with Crippen LogP contribution < -0.4 is 10.1 Å². The SMILES string of the molecule is CC(=O)Cc1cc(C(=O)NC(C)c2cccc(OC(F)(F)C(F)F)c2)cc(C)n1. The fourth-order valence-corrected chi connectivity index (χ4v) is 2.63. The number of carbonyl (C=O) groups is 2. The van der Waals surface area contributed by atoms with E-state index in [0.717, 1.165) is 12.1 Å². The Balaban J connectivity index is 2.15. The average molecular weight is 412 g/mol. The average Bonchev–Trinajstić information content (AvgIpc) is 2.60. The van der Waals surface area contributed by atoms with E-state index in [1.54, 1.807) is 19.9 Å². The van der Waals surface area contributed by atoms with Gasteiger partial charge in [-0.2, -0.15) is 17.6 Å². The number of nitrogens with one attached hydrogen (secondary N) is 1. The molecule has 0 bridgehead atoms. The molecule has 1 aromatic carbocycles. The number of hydrogen-bond donors (Lipinski definition) is 1. The summed E-state index contributed by atoms with van der Waals surface area (Å²) in [6, 6.07) is 7.59. The number of aryl methyl sites for hydroxylation is 1. The zero-order valence-electron chi connectivity index (χ0n) is 16.0. The Morgan fingerprint density at radius 3 is 2.52 bits per heavy atom. The van der Waals surface area contributed by atoms with Crippen LogP contribution in [0.3, 0.4) is 0 Å². The summed E-state index contributed by atoms with van der Waals surface area (Å²) >= 11 is 0. The predicted octanol–water partition coefficient (Wildman–Crippen LogP) is 4.25. The number of hydrogen-bond acceptors (Lipinski definition) is 4. The van der Waals surface area contributed by atoms with Gasteiger partial charge in [-0.3, -0.25) is 14.6 Å². The van der Waals surface area contributed by atoms with Crippen molar-refractivity contribution in [2.45, 2.75) is 45.8 Å². The lowest BCUT2D eigenvalue weighted by atomic mass is 10.1. The van der Waals surface area contributed by atoms with Gasteiger partial charge < -0.3 is 10.1 Å². The summed E-state index contributed by atoms with van der Waals surface area (Å²) in [4.78, 5) is 28.0. The van der Waals surface area contributed by atoms with Crippen molar-refractivity contribution < 1.29 is 31.9 Å². The Bertz CT molecular complexity index is 903. The summed E-state index contributed by atoms with van der Waals surface area (Å²) in [6.45, 7) is 4.71. The zero-order chi connectivity index (χ0) is 21.8. The number of carbonyl (C=O) groups excluding carboxylic acids is 2. The molecule has 0 aliphatic carbocycles. The first-order chi connectivity index (χ1) is 13.5. The molecule has 1 aromatic heterocycles. The van der Waals surface area contributed by atoms with E-state index in [9.17, 15) is 27.2 Å². The molecular formula is C20H20F4N2O3. The molecule has 1 atom stereocenters. The first-order valence-corrected chi connectivity index (χ1v) is 8.70. The van der Waals surface area contributed by atoms with Crippen LogP contribution in [0.4, 0.5) is 17.6 Å². The van der Waals surface area contributed by atoms with Crippen LogP contribution in [0.2, 0.25) is 0 Å². The third-order valence-electron chi connectivity index (χ3n) is 3.91. The third kappa shape index (κ3) is 6.27. The van der Waals surface area contributed by atoms with Crippen LogP contribution in [-0.4, -0.2) is 29.2 Å². The van der Waals surface area contributed by atoms with Gasteiger partial charge >= 0.3 is 12.5 Å². The lowest BCUT2D eigenvalue weighted by Gasteiger charge is -2.19. The lowest BCUT2D eigenvalue weighted by molar-refractivity contribution is -0.253. The van der Waals surface area contributed by atoms with E-state index in [-0.39, 0.29) is 17.8 Å². The van der Waals surface area contributed by atoms with Crippen molar-refractivity contribution >= 4 is 11.7 Å². The van der Waals surface area contributed by atoms with E-state index < -0.39 is 30.2 Å². The molecule has 29 heavy (non-hydrogen) atoms. The number of ketones is 1. The summed E-state index contributed by atoms with van der Waals surface area (Å²) in [6.07, 6.45) is -8.50. The quantitative estimate of drug-likeness (QED) is 0.659. The number of Topliss-reactive ketones (excluding diaryl/α,β-unsaturated/α-hetero) is 1. The van der Waals surface area contributed by atoms with Gasteiger partial charge in [0.05, 0.1) is 6.04 Å². The van der Waals surface area contributed by atoms with Crippen LogP contribution in [0.25, 0.3) is 0 Å². The van der Waals surface area contributed by atoms with Crippen molar-refractivity contribution in [3.63, 3.8) is 0 Å². The van der Waals surface area contributed by atoms with Gasteiger partial charge in [-0.1, -0.05) is 12.1 Å². The number of halogens is 4. The van der Waals surface area contributed by atoms with Crippen molar-refractivity contribution in [3.8, 4) is 5.75 Å². The molecule has 0 aliphatic heterocycles. The van der Waals surface area contributed by atoms with Crippen molar-refractivity contribution in [3.05, 3.63) is 58.9 Å². The Morgan fingerprint density at radius 2 is 1.90 bits per heavy atom. The van der Waals surface area contributed by atoms with Gasteiger partial charge in [0.2, 0.25) is 0 Å². The van der Waals surface area contributed by atoms with Gasteiger partial charge in [0.25, 0.3) is 5.91 Å². The summed E-state index contributed by atoms with van der Waals surface area (Å²) in [5.74, 6) is -1.00. The maximum atomic E-state index is 13.1. The van der Waals surface area contributed by atoms with Crippen LogP contribution in [0.15, 0.2) is 36.4 Å². The molecule has 2 rings (SSSR count). The van der Waals surface area contributed by atoms with Gasteiger partial charge in [0.15, 0.2) is 0 Å². The topological polar surface area (TPSA) is 68.3 Å². The molecule has 5 nitrogen and oxygen atoms in total. The summed E-state index contributed by atoms with van der Waals surface area (Å²) in [5, 5.41) is 2.69. The molecule has 0 aliphatic rings. The molecular weight excluding hydrogens is 392 g/mol. The Kier molecular flexibility index (Phi) is 6.94. The molecule has 1 N–H and O–H groups in total. The standard InChI is InChI=1S/C20H20F4N2O3/c1-11-7-15(9-16(25-11)8-12(2)27)18(28)26-13(3)14-5-4-6-17(10-14)29-20(23,24)19(21)22/h4-7,9-10,13,19H,8H2,1-3H3,(H,26,28). The van der Waals surface area contributed by atoms with Gasteiger partial charge in [-0.25, -0.2) is 0 Å². The highest BCUT2D eigenvalue weighted by Crippen LogP contribution is 2.29. The Morgan fingerprint density at radius 1 is 1.21 bits per heavy atom. The van der Waals surface area contributed by atoms with Crippen molar-refractivity contribution in [1.29, 1.82) is 0 Å². The second-order valence-corrected chi connectivity index (χ2v) is 6.60. The first kappa shape index (κ1) is 22.3. The van der Waals surface area contributed by atoms with Crippen LogP contribution >= 0.6 is 0 Å². The lowest BCUT2D eigenvalue weighted by Crippen LogP contribution is -2.33. The molecule has 156 valence electrons. The predicted molar refractivity (Wildman–Crippen MR) is 97.3 cm³/mol. The number of pyridine rings is 1. The van der Waals surface area contributed by atoms with E-state index in [1.165, 1.54) is 25.1 Å². The van der Waals surface area contributed by atoms with Crippen molar-refractivity contribution in [2.75, 3.05) is 0 Å². The van der Waals surface area contributed by atoms with Crippen molar-refractivity contribution in [2.24, 2.45) is 0 Å².